The van der Waals surface area contributed by atoms with Gasteiger partial charge in [-0.1, -0.05) is 67.6 Å². The number of hydrogen-bond acceptors (Lipinski definition) is 3. The first-order valence-electron chi connectivity index (χ1n) is 8.81. The van der Waals surface area contributed by atoms with Gasteiger partial charge in [-0.3, -0.25) is 4.79 Å². The molecule has 0 atom stereocenters. The van der Waals surface area contributed by atoms with Gasteiger partial charge in [-0.25, -0.2) is 0 Å². The summed E-state index contributed by atoms with van der Waals surface area (Å²) in [6.45, 7) is 2.02. The van der Waals surface area contributed by atoms with Gasteiger partial charge in [-0.15, -0.1) is 11.8 Å². The molecule has 0 saturated carbocycles. The monoisotopic (exact) mass is 362 g/mol. The van der Waals surface area contributed by atoms with Crippen LogP contribution >= 0.6 is 11.8 Å². The van der Waals surface area contributed by atoms with Crippen LogP contribution in [0.25, 0.3) is 22.3 Å². The standard InChI is InChI=1S/C23H22O2S/c1-2-9-19(24)16-26-20-14-21(17-10-5-3-6-11-17)23(25)22(15-20)18-12-7-4-8-13-18/h3-8,10-15,25H,2,9,16H2,1H3. The number of Topliss-reactive ketones (excluding diaryl/α,β-unsaturated/α-hetero) is 1. The molecule has 0 aliphatic carbocycles. The molecule has 0 fully saturated rings. The summed E-state index contributed by atoms with van der Waals surface area (Å²) in [5.74, 6) is 0.987. The van der Waals surface area contributed by atoms with Crippen molar-refractivity contribution >= 4 is 17.5 Å². The minimum Gasteiger partial charge on any atom is -0.507 e. The van der Waals surface area contributed by atoms with E-state index in [-0.39, 0.29) is 11.5 Å². The van der Waals surface area contributed by atoms with Crippen molar-refractivity contribution < 1.29 is 9.90 Å². The first-order valence-corrected chi connectivity index (χ1v) is 9.80. The fraction of sp³-hybridized carbons (Fsp3) is 0.174. The van der Waals surface area contributed by atoms with Crippen LogP contribution in [0.15, 0.2) is 77.7 Å². The molecule has 0 aliphatic rings. The minimum atomic E-state index is 0.257. The average Bonchev–Trinajstić information content (AvgIpc) is 2.69. The Morgan fingerprint density at radius 1 is 0.885 bits per heavy atom. The summed E-state index contributed by atoms with van der Waals surface area (Å²) in [7, 11) is 0. The molecule has 0 amide bonds. The zero-order valence-corrected chi connectivity index (χ0v) is 15.6. The van der Waals surface area contributed by atoms with Gasteiger partial charge in [0.1, 0.15) is 11.5 Å². The van der Waals surface area contributed by atoms with Crippen LogP contribution in [-0.4, -0.2) is 16.6 Å². The highest BCUT2D eigenvalue weighted by Crippen LogP contribution is 2.41. The molecule has 1 N–H and O–H groups in total. The van der Waals surface area contributed by atoms with Crippen molar-refractivity contribution in [2.24, 2.45) is 0 Å². The van der Waals surface area contributed by atoms with Crippen LogP contribution in [0.5, 0.6) is 5.75 Å². The third-order valence-electron chi connectivity index (χ3n) is 4.18. The van der Waals surface area contributed by atoms with E-state index in [2.05, 4.69) is 0 Å². The molecule has 132 valence electrons. The molecule has 3 aromatic carbocycles. The van der Waals surface area contributed by atoms with E-state index in [4.69, 9.17) is 0 Å². The molecule has 0 bridgehead atoms. The van der Waals surface area contributed by atoms with E-state index in [0.717, 1.165) is 33.6 Å². The van der Waals surface area contributed by atoms with Crippen molar-refractivity contribution in [3.05, 3.63) is 72.8 Å². The van der Waals surface area contributed by atoms with Crippen LogP contribution < -0.4 is 0 Å². The smallest absolute Gasteiger partial charge is 0.143 e. The molecule has 2 nitrogen and oxygen atoms in total. The predicted octanol–water partition coefficient (Wildman–Crippen LogP) is 6.19. The molecular formula is C23H22O2S. The van der Waals surface area contributed by atoms with Gasteiger partial charge in [0.15, 0.2) is 0 Å². The maximum atomic E-state index is 11.9. The van der Waals surface area contributed by atoms with Crippen molar-refractivity contribution in [3.63, 3.8) is 0 Å². The van der Waals surface area contributed by atoms with E-state index < -0.39 is 0 Å². The molecule has 0 heterocycles. The number of carbonyl (C=O) groups is 1. The Balaban J connectivity index is 2.03. The molecule has 0 radical (unpaired) electrons. The number of thioether (sulfide) groups is 1. The van der Waals surface area contributed by atoms with Crippen molar-refractivity contribution in [2.45, 2.75) is 24.7 Å². The second kappa shape index (κ2) is 8.72. The Kier molecular flexibility index (Phi) is 6.13. The summed E-state index contributed by atoms with van der Waals surface area (Å²) in [6, 6.07) is 23.7. The Bertz CT molecular complexity index is 813. The maximum Gasteiger partial charge on any atom is 0.143 e. The Morgan fingerprint density at radius 2 is 1.38 bits per heavy atom. The molecule has 3 rings (SSSR count). The largest absolute Gasteiger partial charge is 0.507 e. The zero-order valence-electron chi connectivity index (χ0n) is 14.8. The van der Waals surface area contributed by atoms with E-state index >= 15 is 0 Å². The lowest BCUT2D eigenvalue weighted by molar-refractivity contribution is -0.116. The van der Waals surface area contributed by atoms with Gasteiger partial charge in [0.25, 0.3) is 0 Å². The van der Waals surface area contributed by atoms with Gasteiger partial charge in [0.2, 0.25) is 0 Å². The lowest BCUT2D eigenvalue weighted by Gasteiger charge is -2.13. The van der Waals surface area contributed by atoms with E-state index in [1.807, 2.05) is 79.7 Å². The highest BCUT2D eigenvalue weighted by atomic mass is 32.2. The maximum absolute atomic E-state index is 11.9. The van der Waals surface area contributed by atoms with Crippen LogP contribution in [0.1, 0.15) is 19.8 Å². The van der Waals surface area contributed by atoms with Crippen molar-refractivity contribution in [1.82, 2.24) is 0 Å². The van der Waals surface area contributed by atoms with Crippen LogP contribution in [0.3, 0.4) is 0 Å². The number of phenolic OH excluding ortho intramolecular Hbond substituents is 1. The number of aromatic hydroxyl groups is 1. The van der Waals surface area contributed by atoms with Gasteiger partial charge >= 0.3 is 0 Å². The lowest BCUT2D eigenvalue weighted by atomic mass is 9.97. The lowest BCUT2D eigenvalue weighted by Crippen LogP contribution is -2.00. The van der Waals surface area contributed by atoms with Gasteiger partial charge in [-0.2, -0.15) is 0 Å². The summed E-state index contributed by atoms with van der Waals surface area (Å²) >= 11 is 1.53. The molecule has 0 aromatic heterocycles. The normalized spacial score (nSPS) is 10.7. The quantitative estimate of drug-likeness (QED) is 0.509. The van der Waals surface area contributed by atoms with Gasteiger partial charge < -0.3 is 5.11 Å². The van der Waals surface area contributed by atoms with E-state index in [1.165, 1.54) is 11.8 Å². The van der Waals surface area contributed by atoms with E-state index in [9.17, 15) is 9.90 Å². The highest BCUT2D eigenvalue weighted by Gasteiger charge is 2.14. The number of hydrogen-bond donors (Lipinski definition) is 1. The topological polar surface area (TPSA) is 37.3 Å². The van der Waals surface area contributed by atoms with Crippen LogP contribution in [-0.2, 0) is 4.79 Å². The summed E-state index contributed by atoms with van der Waals surface area (Å²) in [4.78, 5) is 12.9. The molecular weight excluding hydrogens is 340 g/mol. The molecule has 26 heavy (non-hydrogen) atoms. The molecule has 0 saturated heterocycles. The SMILES string of the molecule is CCCC(=O)CSc1cc(-c2ccccc2)c(O)c(-c2ccccc2)c1. The van der Waals surface area contributed by atoms with E-state index in [0.29, 0.717) is 12.2 Å². The number of rotatable bonds is 7. The van der Waals surface area contributed by atoms with Crippen molar-refractivity contribution in [1.29, 1.82) is 0 Å². The predicted molar refractivity (Wildman–Crippen MR) is 110 cm³/mol. The van der Waals surface area contributed by atoms with Crippen LogP contribution in [0.2, 0.25) is 0 Å². The fourth-order valence-electron chi connectivity index (χ4n) is 2.88. The zero-order chi connectivity index (χ0) is 18.4. The van der Waals surface area contributed by atoms with Gasteiger partial charge in [0, 0.05) is 22.4 Å². The fourth-order valence-corrected chi connectivity index (χ4v) is 3.76. The van der Waals surface area contributed by atoms with Crippen LogP contribution in [0.4, 0.5) is 0 Å². The van der Waals surface area contributed by atoms with Crippen molar-refractivity contribution in [3.8, 4) is 28.0 Å². The second-order valence-corrected chi connectivity index (χ2v) is 7.23. The molecule has 3 heteroatoms. The number of ketones is 1. The number of phenols is 1. The first-order chi connectivity index (χ1) is 12.7. The number of carbonyl (C=O) groups excluding carboxylic acids is 1. The molecule has 3 aromatic rings. The highest BCUT2D eigenvalue weighted by molar-refractivity contribution is 8.00. The van der Waals surface area contributed by atoms with Gasteiger partial charge in [0.05, 0.1) is 5.75 Å². The minimum absolute atomic E-state index is 0.257. The summed E-state index contributed by atoms with van der Waals surface area (Å²) in [6.07, 6.45) is 1.49. The molecule has 0 unspecified atom stereocenters. The first kappa shape index (κ1) is 18.3. The number of benzene rings is 3. The summed E-state index contributed by atoms with van der Waals surface area (Å²) in [5, 5.41) is 10.9. The third kappa shape index (κ3) is 4.36. The van der Waals surface area contributed by atoms with Crippen molar-refractivity contribution in [2.75, 3.05) is 5.75 Å². The summed E-state index contributed by atoms with van der Waals surface area (Å²) in [5.41, 5.74) is 3.50. The Morgan fingerprint density at radius 3 is 1.85 bits per heavy atom. The van der Waals surface area contributed by atoms with Crippen LogP contribution in [0, 0.1) is 0 Å². The van der Waals surface area contributed by atoms with Gasteiger partial charge in [-0.05, 0) is 29.7 Å². The average molecular weight is 362 g/mol. The second-order valence-electron chi connectivity index (χ2n) is 6.18. The molecule has 0 spiro atoms. The Hall–Kier alpha value is -2.52. The third-order valence-corrected chi connectivity index (χ3v) is 5.22. The van der Waals surface area contributed by atoms with E-state index in [1.54, 1.807) is 0 Å². The summed E-state index contributed by atoms with van der Waals surface area (Å²) < 4.78 is 0. The molecule has 0 aliphatic heterocycles. The Labute approximate surface area is 158 Å².